The van der Waals surface area contributed by atoms with E-state index in [4.69, 9.17) is 20.9 Å². The highest BCUT2D eigenvalue weighted by Crippen LogP contribution is 2.31. The van der Waals surface area contributed by atoms with Gasteiger partial charge in [0.25, 0.3) is 0 Å². The van der Waals surface area contributed by atoms with E-state index in [1.807, 2.05) is 12.2 Å². The largest absolute Gasteiger partial charge is 0.424 e. The average Bonchev–Trinajstić information content (AvgIpc) is 2.21. The van der Waals surface area contributed by atoms with E-state index >= 15 is 0 Å². The Labute approximate surface area is 64.4 Å². The quantitative estimate of drug-likeness (QED) is 0.486. The van der Waals surface area contributed by atoms with E-state index < -0.39 is 6.03 Å². The van der Waals surface area contributed by atoms with Crippen molar-refractivity contribution in [3.8, 4) is 0 Å². The third kappa shape index (κ3) is 1.10. The van der Waals surface area contributed by atoms with Crippen molar-refractivity contribution in [1.82, 2.24) is 0 Å². The fourth-order valence-corrected chi connectivity index (χ4v) is 1.18. The van der Waals surface area contributed by atoms with E-state index in [0.717, 1.165) is 12.8 Å². The first-order valence-corrected chi connectivity index (χ1v) is 3.54. The summed E-state index contributed by atoms with van der Waals surface area (Å²) in [6.45, 7) is 0. The van der Waals surface area contributed by atoms with Crippen molar-refractivity contribution in [2.75, 3.05) is 0 Å². The summed E-state index contributed by atoms with van der Waals surface area (Å²) in [5, 5.41) is 0. The molecule has 0 unspecified atom stereocenters. The lowest BCUT2D eigenvalue weighted by atomic mass is 10.1. The summed E-state index contributed by atoms with van der Waals surface area (Å²) >= 11 is 0. The molecule has 0 amide bonds. The van der Waals surface area contributed by atoms with Crippen LogP contribution in [-0.2, 0) is 9.47 Å². The van der Waals surface area contributed by atoms with E-state index in [0.29, 0.717) is 11.5 Å². The van der Waals surface area contributed by atoms with Crippen LogP contribution in [0.3, 0.4) is 0 Å². The molecule has 1 aliphatic heterocycles. The van der Waals surface area contributed by atoms with Crippen molar-refractivity contribution >= 4 is 0 Å². The van der Waals surface area contributed by atoms with Crippen LogP contribution in [-0.4, -0.2) is 6.03 Å². The second-order valence-corrected chi connectivity index (χ2v) is 2.64. The highest BCUT2D eigenvalue weighted by atomic mass is 16.8. The summed E-state index contributed by atoms with van der Waals surface area (Å²) in [5.41, 5.74) is 10.8. The molecule has 4 nitrogen and oxygen atoms in total. The molecule has 0 aromatic carbocycles. The first-order chi connectivity index (χ1) is 5.17. The molecule has 0 spiro atoms. The van der Waals surface area contributed by atoms with Crippen molar-refractivity contribution in [1.29, 1.82) is 0 Å². The Morgan fingerprint density at radius 2 is 1.55 bits per heavy atom. The summed E-state index contributed by atoms with van der Waals surface area (Å²) < 4.78 is 10.2. The van der Waals surface area contributed by atoms with Crippen LogP contribution in [0.2, 0.25) is 0 Å². The Balaban J connectivity index is 2.29. The molecule has 1 aliphatic carbocycles. The molecule has 1 heterocycles. The number of hydrogen-bond donors (Lipinski definition) is 2. The number of ether oxygens (including phenoxy) is 2. The zero-order valence-electron chi connectivity index (χ0n) is 6.04. The minimum atomic E-state index is -1.46. The maximum atomic E-state index is 5.39. The number of rotatable bonds is 0. The number of hydrogen-bond acceptors (Lipinski definition) is 4. The van der Waals surface area contributed by atoms with Crippen LogP contribution < -0.4 is 11.5 Å². The van der Waals surface area contributed by atoms with Gasteiger partial charge in [-0.1, -0.05) is 0 Å². The van der Waals surface area contributed by atoms with Gasteiger partial charge in [-0.2, -0.15) is 0 Å². The van der Waals surface area contributed by atoms with Crippen molar-refractivity contribution in [2.45, 2.75) is 18.9 Å². The monoisotopic (exact) mass is 154 g/mol. The number of nitrogens with two attached hydrogens (primary N) is 2. The minimum Gasteiger partial charge on any atom is -0.424 e. The lowest BCUT2D eigenvalue weighted by molar-refractivity contribution is -0.126. The summed E-state index contributed by atoms with van der Waals surface area (Å²) in [7, 11) is 0. The Hall–Kier alpha value is -1.00. The first-order valence-electron chi connectivity index (χ1n) is 3.54. The van der Waals surface area contributed by atoms with Gasteiger partial charge in [-0.25, -0.2) is 11.5 Å². The maximum absolute atomic E-state index is 5.39. The minimum absolute atomic E-state index is 0.668. The standard InChI is InChI=1S/C7H10N2O2/c8-7(9)10-5-3-1-2-4-6(5)11-7/h3-4H,1-2,8-9H2. The third-order valence-corrected chi connectivity index (χ3v) is 1.61. The molecule has 0 aromatic rings. The van der Waals surface area contributed by atoms with Gasteiger partial charge in [-0.15, -0.1) is 0 Å². The Kier molecular flexibility index (Phi) is 1.21. The van der Waals surface area contributed by atoms with Gasteiger partial charge >= 0.3 is 6.03 Å². The molecule has 4 N–H and O–H groups in total. The zero-order chi connectivity index (χ0) is 7.90. The molecule has 2 rings (SSSR count). The van der Waals surface area contributed by atoms with Gasteiger partial charge in [0.1, 0.15) is 0 Å². The summed E-state index contributed by atoms with van der Waals surface area (Å²) in [6, 6.07) is -1.46. The zero-order valence-corrected chi connectivity index (χ0v) is 6.04. The lowest BCUT2D eigenvalue weighted by Crippen LogP contribution is -2.49. The second kappa shape index (κ2) is 1.99. The van der Waals surface area contributed by atoms with Crippen molar-refractivity contribution in [3.63, 3.8) is 0 Å². The molecule has 0 radical (unpaired) electrons. The molecular formula is C7H10N2O2. The first kappa shape index (κ1) is 6.69. The van der Waals surface area contributed by atoms with E-state index in [1.165, 1.54) is 0 Å². The van der Waals surface area contributed by atoms with Gasteiger partial charge in [0.05, 0.1) is 0 Å². The van der Waals surface area contributed by atoms with Crippen LogP contribution in [0.1, 0.15) is 12.8 Å². The van der Waals surface area contributed by atoms with Crippen LogP contribution >= 0.6 is 0 Å². The lowest BCUT2D eigenvalue weighted by Gasteiger charge is -2.13. The smallest absolute Gasteiger partial charge is 0.376 e. The van der Waals surface area contributed by atoms with Crippen LogP contribution in [0.4, 0.5) is 0 Å². The molecule has 4 heteroatoms. The van der Waals surface area contributed by atoms with E-state index in [1.54, 1.807) is 0 Å². The Morgan fingerprint density at radius 3 is 2.00 bits per heavy atom. The van der Waals surface area contributed by atoms with E-state index in [-0.39, 0.29) is 0 Å². The SMILES string of the molecule is NC1(N)OC2=CCCC=C2O1. The van der Waals surface area contributed by atoms with Crippen molar-refractivity contribution < 1.29 is 9.47 Å². The fraction of sp³-hybridized carbons (Fsp3) is 0.429. The molecule has 1 saturated heterocycles. The third-order valence-electron chi connectivity index (χ3n) is 1.61. The molecule has 0 aromatic heterocycles. The van der Waals surface area contributed by atoms with Gasteiger partial charge in [0, 0.05) is 0 Å². The van der Waals surface area contributed by atoms with Gasteiger partial charge in [-0.05, 0) is 25.0 Å². The van der Waals surface area contributed by atoms with Crippen molar-refractivity contribution in [2.24, 2.45) is 11.5 Å². The van der Waals surface area contributed by atoms with Gasteiger partial charge in [0.15, 0.2) is 11.5 Å². The van der Waals surface area contributed by atoms with Crippen LogP contribution in [0, 0.1) is 0 Å². The maximum Gasteiger partial charge on any atom is 0.376 e. The average molecular weight is 154 g/mol. The predicted molar refractivity (Wildman–Crippen MR) is 38.7 cm³/mol. The second-order valence-electron chi connectivity index (χ2n) is 2.64. The summed E-state index contributed by atoms with van der Waals surface area (Å²) in [6.07, 6.45) is 5.77. The normalized spacial score (nSPS) is 26.0. The highest BCUT2D eigenvalue weighted by Gasteiger charge is 2.36. The number of allylic oxidation sites excluding steroid dienone is 2. The van der Waals surface area contributed by atoms with Crippen LogP contribution in [0.5, 0.6) is 0 Å². The van der Waals surface area contributed by atoms with Crippen LogP contribution in [0.15, 0.2) is 23.7 Å². The molecular weight excluding hydrogens is 144 g/mol. The molecule has 1 fully saturated rings. The Morgan fingerprint density at radius 1 is 1.09 bits per heavy atom. The summed E-state index contributed by atoms with van der Waals surface area (Å²) in [5.74, 6) is 1.34. The topological polar surface area (TPSA) is 70.5 Å². The van der Waals surface area contributed by atoms with Crippen LogP contribution in [0.25, 0.3) is 0 Å². The Bertz CT molecular complexity index is 219. The summed E-state index contributed by atoms with van der Waals surface area (Å²) in [4.78, 5) is 0. The highest BCUT2D eigenvalue weighted by molar-refractivity contribution is 5.26. The van der Waals surface area contributed by atoms with Gasteiger partial charge in [0.2, 0.25) is 0 Å². The van der Waals surface area contributed by atoms with E-state index in [9.17, 15) is 0 Å². The molecule has 0 saturated carbocycles. The van der Waals surface area contributed by atoms with Gasteiger partial charge in [-0.3, -0.25) is 0 Å². The molecule has 11 heavy (non-hydrogen) atoms. The van der Waals surface area contributed by atoms with Crippen molar-refractivity contribution in [3.05, 3.63) is 23.7 Å². The van der Waals surface area contributed by atoms with Gasteiger partial charge < -0.3 is 9.47 Å². The molecule has 2 aliphatic rings. The predicted octanol–water partition coefficient (Wildman–Crippen LogP) is 0.123. The molecule has 0 atom stereocenters. The fourth-order valence-electron chi connectivity index (χ4n) is 1.18. The molecule has 60 valence electrons. The van der Waals surface area contributed by atoms with E-state index in [2.05, 4.69) is 0 Å². The molecule has 0 bridgehead atoms. The number of fused-ring (bicyclic) bond motifs is 1.